The number of carbonyl (C=O) groups excluding carboxylic acids is 2. The van der Waals surface area contributed by atoms with Crippen LogP contribution in [0.15, 0.2) is 48.9 Å². The maximum Gasteiger partial charge on any atom is 0.274 e. The summed E-state index contributed by atoms with van der Waals surface area (Å²) in [7, 11) is 0. The standard InChI is InChI=1S/C21H27N5O2/c27-20(24-11-15-25-12-4-5-13-25)8-14-26(17-18-6-2-1-3-7-18)21(28)19-16-22-9-10-23-19/h1-3,6-7,9-10,16H,4-5,8,11-15,17H2,(H,24,27). The number of nitrogens with one attached hydrogen (secondary N) is 1. The van der Waals surface area contributed by atoms with E-state index < -0.39 is 0 Å². The van der Waals surface area contributed by atoms with Crippen molar-refractivity contribution in [3.05, 3.63) is 60.2 Å². The molecule has 1 aromatic heterocycles. The highest BCUT2D eigenvalue weighted by atomic mass is 16.2. The lowest BCUT2D eigenvalue weighted by Gasteiger charge is -2.22. The molecule has 1 fully saturated rings. The second-order valence-electron chi connectivity index (χ2n) is 6.95. The van der Waals surface area contributed by atoms with Crippen LogP contribution in [0.5, 0.6) is 0 Å². The van der Waals surface area contributed by atoms with Crippen molar-refractivity contribution >= 4 is 11.8 Å². The third-order valence-corrected chi connectivity index (χ3v) is 4.84. The summed E-state index contributed by atoms with van der Waals surface area (Å²) < 4.78 is 0. The average molecular weight is 381 g/mol. The lowest BCUT2D eigenvalue weighted by Crippen LogP contribution is -2.37. The second kappa shape index (κ2) is 10.5. The quantitative estimate of drug-likeness (QED) is 0.716. The number of hydrogen-bond donors (Lipinski definition) is 1. The van der Waals surface area contributed by atoms with E-state index in [2.05, 4.69) is 20.2 Å². The van der Waals surface area contributed by atoms with Crippen molar-refractivity contribution in [1.82, 2.24) is 25.1 Å². The van der Waals surface area contributed by atoms with Crippen LogP contribution < -0.4 is 5.32 Å². The van der Waals surface area contributed by atoms with Crippen LogP contribution in [0.1, 0.15) is 35.3 Å². The Labute approximate surface area is 165 Å². The van der Waals surface area contributed by atoms with Crippen LogP contribution in [0, 0.1) is 0 Å². The predicted octanol–water partition coefficient (Wildman–Crippen LogP) is 1.72. The maximum atomic E-state index is 12.8. The lowest BCUT2D eigenvalue weighted by atomic mass is 10.2. The Kier molecular flexibility index (Phi) is 7.49. The molecule has 3 rings (SSSR count). The summed E-state index contributed by atoms with van der Waals surface area (Å²) in [4.78, 5) is 37.2. The topological polar surface area (TPSA) is 78.4 Å². The summed E-state index contributed by atoms with van der Waals surface area (Å²) in [5, 5.41) is 2.96. The number of rotatable bonds is 9. The normalized spacial score (nSPS) is 14.0. The molecule has 0 bridgehead atoms. The van der Waals surface area contributed by atoms with Crippen molar-refractivity contribution in [3.8, 4) is 0 Å². The van der Waals surface area contributed by atoms with E-state index >= 15 is 0 Å². The molecule has 1 aliphatic heterocycles. The molecule has 2 heterocycles. The third-order valence-electron chi connectivity index (χ3n) is 4.84. The van der Waals surface area contributed by atoms with Crippen LogP contribution in [-0.2, 0) is 11.3 Å². The van der Waals surface area contributed by atoms with E-state index in [1.54, 1.807) is 4.90 Å². The Bertz CT molecular complexity index is 748. The molecule has 0 spiro atoms. The summed E-state index contributed by atoms with van der Waals surface area (Å²) in [5.41, 5.74) is 1.29. The minimum Gasteiger partial charge on any atom is -0.355 e. The fraction of sp³-hybridized carbons (Fsp3) is 0.429. The second-order valence-corrected chi connectivity index (χ2v) is 6.95. The highest BCUT2D eigenvalue weighted by molar-refractivity contribution is 5.92. The molecule has 28 heavy (non-hydrogen) atoms. The van der Waals surface area contributed by atoms with Crippen molar-refractivity contribution in [2.24, 2.45) is 0 Å². The van der Waals surface area contributed by atoms with Crippen LogP contribution >= 0.6 is 0 Å². The van der Waals surface area contributed by atoms with Gasteiger partial charge in [0.05, 0.1) is 6.20 Å². The smallest absolute Gasteiger partial charge is 0.274 e. The van der Waals surface area contributed by atoms with E-state index in [1.807, 2.05) is 30.3 Å². The van der Waals surface area contributed by atoms with Gasteiger partial charge >= 0.3 is 0 Å². The summed E-state index contributed by atoms with van der Waals surface area (Å²) >= 11 is 0. The van der Waals surface area contributed by atoms with Gasteiger partial charge in [-0.2, -0.15) is 0 Å². The molecule has 2 amide bonds. The van der Waals surface area contributed by atoms with Gasteiger partial charge in [0.25, 0.3) is 5.91 Å². The molecule has 7 heteroatoms. The minimum absolute atomic E-state index is 0.0378. The summed E-state index contributed by atoms with van der Waals surface area (Å²) in [6, 6.07) is 9.74. The van der Waals surface area contributed by atoms with Crippen LogP contribution in [0.4, 0.5) is 0 Å². The van der Waals surface area contributed by atoms with E-state index in [4.69, 9.17) is 0 Å². The van der Waals surface area contributed by atoms with Crippen LogP contribution in [0.2, 0.25) is 0 Å². The van der Waals surface area contributed by atoms with Crippen LogP contribution in [0.3, 0.4) is 0 Å². The zero-order valence-electron chi connectivity index (χ0n) is 16.1. The first kappa shape index (κ1) is 19.9. The van der Waals surface area contributed by atoms with Gasteiger partial charge in [0.15, 0.2) is 0 Å². The van der Waals surface area contributed by atoms with E-state index in [0.29, 0.717) is 19.6 Å². The van der Waals surface area contributed by atoms with Gasteiger partial charge in [-0.25, -0.2) is 4.98 Å². The number of nitrogens with zero attached hydrogens (tertiary/aromatic N) is 4. The molecule has 0 atom stereocenters. The fourth-order valence-corrected chi connectivity index (χ4v) is 3.31. The van der Waals surface area contributed by atoms with E-state index in [9.17, 15) is 9.59 Å². The molecule has 0 saturated carbocycles. The molecule has 0 unspecified atom stereocenters. The molecular formula is C21H27N5O2. The SMILES string of the molecule is O=C(CCN(Cc1ccccc1)C(=O)c1cnccn1)NCCN1CCCC1. The lowest BCUT2D eigenvalue weighted by molar-refractivity contribution is -0.121. The van der Waals surface area contributed by atoms with Gasteiger partial charge in [-0.15, -0.1) is 0 Å². The van der Waals surface area contributed by atoms with Crippen molar-refractivity contribution in [3.63, 3.8) is 0 Å². The van der Waals surface area contributed by atoms with Gasteiger partial charge < -0.3 is 15.1 Å². The Morgan fingerprint density at radius 3 is 2.61 bits per heavy atom. The van der Waals surface area contributed by atoms with Crippen LogP contribution in [0.25, 0.3) is 0 Å². The van der Waals surface area contributed by atoms with Gasteiger partial charge in [0.1, 0.15) is 5.69 Å². The number of likely N-dealkylation sites (tertiary alicyclic amines) is 1. The molecule has 1 N–H and O–H groups in total. The Morgan fingerprint density at radius 2 is 1.89 bits per heavy atom. The third kappa shape index (κ3) is 6.13. The van der Waals surface area contributed by atoms with Crippen LogP contribution in [-0.4, -0.2) is 64.3 Å². The monoisotopic (exact) mass is 381 g/mol. The van der Waals surface area contributed by atoms with Crippen molar-refractivity contribution in [2.45, 2.75) is 25.8 Å². The number of benzene rings is 1. The largest absolute Gasteiger partial charge is 0.355 e. The number of hydrogen-bond acceptors (Lipinski definition) is 5. The zero-order chi connectivity index (χ0) is 19.6. The predicted molar refractivity (Wildman–Crippen MR) is 107 cm³/mol. The summed E-state index contributed by atoms with van der Waals surface area (Å²) in [5.74, 6) is -0.258. The first-order valence-corrected chi connectivity index (χ1v) is 9.80. The first-order valence-electron chi connectivity index (χ1n) is 9.80. The summed E-state index contributed by atoms with van der Waals surface area (Å²) in [6.45, 7) is 4.53. The molecule has 1 aromatic carbocycles. The minimum atomic E-state index is -0.221. The van der Waals surface area contributed by atoms with Crippen molar-refractivity contribution < 1.29 is 9.59 Å². The Balaban J connectivity index is 1.54. The number of carbonyl (C=O) groups is 2. The number of aromatic nitrogens is 2. The Morgan fingerprint density at radius 1 is 1.11 bits per heavy atom. The molecule has 0 aliphatic carbocycles. The van der Waals surface area contributed by atoms with Crippen molar-refractivity contribution in [2.75, 3.05) is 32.7 Å². The van der Waals surface area contributed by atoms with Gasteiger partial charge in [0.2, 0.25) is 5.91 Å². The molecule has 7 nitrogen and oxygen atoms in total. The van der Waals surface area contributed by atoms with E-state index in [0.717, 1.165) is 25.2 Å². The molecule has 2 aromatic rings. The summed E-state index contributed by atoms with van der Waals surface area (Å²) in [6.07, 6.45) is 7.24. The van der Waals surface area contributed by atoms with Crippen molar-refractivity contribution in [1.29, 1.82) is 0 Å². The average Bonchev–Trinajstić information content (AvgIpc) is 3.25. The molecule has 148 valence electrons. The Hall–Kier alpha value is -2.80. The first-order chi connectivity index (χ1) is 13.7. The van der Waals surface area contributed by atoms with E-state index in [-0.39, 0.29) is 23.9 Å². The molecule has 1 saturated heterocycles. The number of amides is 2. The zero-order valence-corrected chi connectivity index (χ0v) is 16.1. The molecule has 1 aliphatic rings. The molecule has 0 radical (unpaired) electrons. The fourth-order valence-electron chi connectivity index (χ4n) is 3.31. The van der Waals surface area contributed by atoms with Gasteiger partial charge in [-0.3, -0.25) is 14.6 Å². The highest BCUT2D eigenvalue weighted by Gasteiger charge is 2.19. The van der Waals surface area contributed by atoms with Gasteiger partial charge in [-0.1, -0.05) is 30.3 Å². The van der Waals surface area contributed by atoms with Gasteiger partial charge in [-0.05, 0) is 31.5 Å². The maximum absolute atomic E-state index is 12.8. The van der Waals surface area contributed by atoms with Gasteiger partial charge in [0, 0.05) is 45.0 Å². The highest BCUT2D eigenvalue weighted by Crippen LogP contribution is 2.09. The molecular weight excluding hydrogens is 354 g/mol. The van der Waals surface area contributed by atoms with E-state index in [1.165, 1.54) is 31.4 Å².